The van der Waals surface area contributed by atoms with Gasteiger partial charge in [-0.2, -0.15) is 0 Å². The van der Waals surface area contributed by atoms with E-state index in [1.807, 2.05) is 0 Å². The Bertz CT molecular complexity index is 1200. The van der Waals surface area contributed by atoms with Crippen LogP contribution in [0.25, 0.3) is 0 Å². The number of hydrogen-bond acceptors (Lipinski definition) is 8. The Labute approximate surface area is 232 Å². The van der Waals surface area contributed by atoms with Crippen molar-refractivity contribution in [3.05, 3.63) is 69.7 Å². The van der Waals surface area contributed by atoms with Gasteiger partial charge in [-0.05, 0) is 54.2 Å². The summed E-state index contributed by atoms with van der Waals surface area (Å²) in [6.45, 7) is -1.32. The topological polar surface area (TPSA) is 180 Å². The SMILES string of the molecule is N[C@@H](CC(=O)O)C(=O)NCC(=O)OCN(C(=O)NCc1ccc(Cl)cc1)C(=S)NC(=O)c1ccc(Cl)cc1. The van der Waals surface area contributed by atoms with Gasteiger partial charge in [-0.3, -0.25) is 24.5 Å². The fourth-order valence-electron chi connectivity index (χ4n) is 2.68. The zero-order valence-electron chi connectivity index (χ0n) is 19.6. The van der Waals surface area contributed by atoms with E-state index in [0.717, 1.165) is 4.90 Å². The Morgan fingerprint density at radius 1 is 0.974 bits per heavy atom. The smallest absolute Gasteiger partial charge is 0.327 e. The van der Waals surface area contributed by atoms with Gasteiger partial charge in [-0.25, -0.2) is 9.69 Å². The van der Waals surface area contributed by atoms with Gasteiger partial charge < -0.3 is 26.2 Å². The molecule has 6 N–H and O–H groups in total. The van der Waals surface area contributed by atoms with Crippen molar-refractivity contribution < 1.29 is 33.8 Å². The number of ether oxygens (including phenoxy) is 1. The molecule has 1 atom stereocenters. The predicted molar refractivity (Wildman–Crippen MR) is 141 cm³/mol. The van der Waals surface area contributed by atoms with Crippen molar-refractivity contribution in [2.45, 2.75) is 19.0 Å². The van der Waals surface area contributed by atoms with Gasteiger partial charge in [0.2, 0.25) is 5.91 Å². The van der Waals surface area contributed by atoms with E-state index in [1.165, 1.54) is 24.3 Å². The molecule has 0 aromatic heterocycles. The number of halogens is 2. The lowest BCUT2D eigenvalue weighted by Crippen LogP contribution is -2.51. The first-order chi connectivity index (χ1) is 18.0. The molecule has 0 saturated heterocycles. The molecule has 0 aliphatic heterocycles. The molecule has 0 spiro atoms. The van der Waals surface area contributed by atoms with Gasteiger partial charge in [0.15, 0.2) is 11.8 Å². The Balaban J connectivity index is 2.03. The summed E-state index contributed by atoms with van der Waals surface area (Å²) in [5, 5.41) is 16.3. The number of nitrogens with zero attached hydrogens (tertiary/aromatic N) is 1. The number of carbonyl (C=O) groups excluding carboxylic acids is 4. The van der Waals surface area contributed by atoms with Gasteiger partial charge in [0.05, 0.1) is 12.5 Å². The summed E-state index contributed by atoms with van der Waals surface area (Å²) in [4.78, 5) is 60.7. The predicted octanol–water partition coefficient (Wildman–Crippen LogP) is 1.64. The molecule has 15 heteroatoms. The Kier molecular flexibility index (Phi) is 11.9. The summed E-state index contributed by atoms with van der Waals surface area (Å²) in [6.07, 6.45) is -0.635. The van der Waals surface area contributed by atoms with Gasteiger partial charge in [-0.1, -0.05) is 35.3 Å². The highest BCUT2D eigenvalue weighted by Crippen LogP contribution is 2.11. The van der Waals surface area contributed by atoms with E-state index in [9.17, 15) is 24.0 Å². The van der Waals surface area contributed by atoms with E-state index in [0.29, 0.717) is 15.6 Å². The van der Waals surface area contributed by atoms with Gasteiger partial charge in [0.25, 0.3) is 5.91 Å². The molecule has 0 unspecified atom stereocenters. The molecule has 0 heterocycles. The number of carboxylic acid groups (broad SMARTS) is 1. The molecule has 0 saturated carbocycles. The molecule has 4 amide bonds. The number of carbonyl (C=O) groups is 5. The molecule has 0 aliphatic carbocycles. The van der Waals surface area contributed by atoms with Crippen LogP contribution in [-0.2, 0) is 25.7 Å². The maximum Gasteiger partial charge on any atom is 0.327 e. The number of esters is 1. The number of rotatable bonds is 10. The summed E-state index contributed by atoms with van der Waals surface area (Å²) in [6, 6.07) is 10.4. The quantitative estimate of drug-likeness (QED) is 0.158. The lowest BCUT2D eigenvalue weighted by Gasteiger charge is -2.23. The van der Waals surface area contributed by atoms with Crippen LogP contribution in [0, 0.1) is 0 Å². The van der Waals surface area contributed by atoms with E-state index in [1.54, 1.807) is 24.3 Å². The van der Waals surface area contributed by atoms with Gasteiger partial charge in [0.1, 0.15) is 6.54 Å². The fourth-order valence-corrected chi connectivity index (χ4v) is 3.16. The van der Waals surface area contributed by atoms with E-state index in [2.05, 4.69) is 16.0 Å². The summed E-state index contributed by atoms with van der Waals surface area (Å²) >= 11 is 16.9. The molecule has 0 fully saturated rings. The zero-order chi connectivity index (χ0) is 28.2. The molecule has 38 heavy (non-hydrogen) atoms. The number of amides is 4. The molecule has 0 bridgehead atoms. The highest BCUT2D eigenvalue weighted by atomic mass is 35.5. The van der Waals surface area contributed by atoms with Crippen LogP contribution in [0.15, 0.2) is 48.5 Å². The van der Waals surface area contributed by atoms with Crippen molar-refractivity contribution in [1.29, 1.82) is 0 Å². The summed E-state index contributed by atoms with van der Waals surface area (Å²) in [5.41, 5.74) is 6.33. The Hall–Kier alpha value is -3.78. The molecular formula is C23H23Cl2N5O7S. The van der Waals surface area contributed by atoms with E-state index in [4.69, 9.17) is 51.0 Å². The summed E-state index contributed by atoms with van der Waals surface area (Å²) in [5.74, 6) is -3.80. The third kappa shape index (κ3) is 10.3. The maximum absolute atomic E-state index is 12.9. The molecule has 0 radical (unpaired) electrons. The number of carboxylic acids is 1. The average Bonchev–Trinajstić information content (AvgIpc) is 2.86. The van der Waals surface area contributed by atoms with E-state index < -0.39 is 55.5 Å². The second-order valence-electron chi connectivity index (χ2n) is 7.55. The summed E-state index contributed by atoms with van der Waals surface area (Å²) in [7, 11) is 0. The lowest BCUT2D eigenvalue weighted by atomic mass is 10.2. The maximum atomic E-state index is 12.9. The van der Waals surface area contributed by atoms with Gasteiger partial charge >= 0.3 is 18.0 Å². The first-order valence-corrected chi connectivity index (χ1v) is 11.9. The Morgan fingerprint density at radius 3 is 2.13 bits per heavy atom. The van der Waals surface area contributed by atoms with Crippen molar-refractivity contribution in [3.8, 4) is 0 Å². The van der Waals surface area contributed by atoms with Crippen LogP contribution in [0.5, 0.6) is 0 Å². The van der Waals surface area contributed by atoms with Crippen LogP contribution in [0.1, 0.15) is 22.3 Å². The number of thiocarbonyl (C=S) groups is 1. The number of nitrogens with one attached hydrogen (secondary N) is 3. The van der Waals surface area contributed by atoms with Gasteiger partial charge in [0, 0.05) is 22.2 Å². The second-order valence-corrected chi connectivity index (χ2v) is 8.81. The van der Waals surface area contributed by atoms with Crippen LogP contribution in [0.3, 0.4) is 0 Å². The normalized spacial score (nSPS) is 11.0. The fraction of sp³-hybridized carbons (Fsp3) is 0.217. The highest BCUT2D eigenvalue weighted by Gasteiger charge is 2.23. The zero-order valence-corrected chi connectivity index (χ0v) is 21.9. The number of nitrogens with two attached hydrogens (primary N) is 1. The van der Waals surface area contributed by atoms with Gasteiger partial charge in [-0.15, -0.1) is 0 Å². The minimum atomic E-state index is -1.37. The minimum Gasteiger partial charge on any atom is -0.481 e. The first kappa shape index (κ1) is 30.4. The van der Waals surface area contributed by atoms with Crippen molar-refractivity contribution in [2.75, 3.05) is 13.3 Å². The third-order valence-corrected chi connectivity index (χ3v) is 5.49. The lowest BCUT2D eigenvalue weighted by molar-refractivity contribution is -0.146. The van der Waals surface area contributed by atoms with Crippen molar-refractivity contribution in [2.24, 2.45) is 5.73 Å². The number of aliphatic carboxylic acids is 1. The first-order valence-electron chi connectivity index (χ1n) is 10.8. The van der Waals surface area contributed by atoms with Crippen molar-refractivity contribution >= 4 is 70.3 Å². The second kappa shape index (κ2) is 14.8. The largest absolute Gasteiger partial charge is 0.481 e. The average molecular weight is 584 g/mol. The van der Waals surface area contributed by atoms with Crippen LogP contribution in [0.4, 0.5) is 4.79 Å². The van der Waals surface area contributed by atoms with E-state index >= 15 is 0 Å². The molecule has 2 aromatic carbocycles. The summed E-state index contributed by atoms with van der Waals surface area (Å²) < 4.78 is 5.01. The van der Waals surface area contributed by atoms with Crippen molar-refractivity contribution in [1.82, 2.24) is 20.9 Å². The molecule has 0 aliphatic rings. The molecule has 2 rings (SSSR count). The molecular weight excluding hydrogens is 561 g/mol. The van der Waals surface area contributed by atoms with Crippen LogP contribution >= 0.6 is 35.4 Å². The minimum absolute atomic E-state index is 0.0612. The number of urea groups is 1. The number of benzene rings is 2. The van der Waals surface area contributed by atoms with Crippen LogP contribution in [-0.4, -0.2) is 64.2 Å². The highest BCUT2D eigenvalue weighted by molar-refractivity contribution is 7.80. The third-order valence-electron chi connectivity index (χ3n) is 4.67. The Morgan fingerprint density at radius 2 is 1.55 bits per heavy atom. The molecule has 2 aromatic rings. The standard InChI is InChI=1S/C23H23Cl2N5O7S/c24-15-5-1-13(2-6-15)10-28-22(36)30(23(38)29-20(34)14-3-7-16(25)8-4-14)12-37-19(33)11-27-21(35)17(26)9-18(31)32/h1-8,17H,9-12,26H2,(H,27,35)(H,28,36)(H,31,32)(H,29,34,38)/t17-/m0/s1. The molecule has 12 nitrogen and oxygen atoms in total. The van der Waals surface area contributed by atoms with Crippen LogP contribution in [0.2, 0.25) is 10.0 Å². The van der Waals surface area contributed by atoms with E-state index in [-0.39, 0.29) is 17.2 Å². The van der Waals surface area contributed by atoms with Crippen molar-refractivity contribution in [3.63, 3.8) is 0 Å². The molecule has 202 valence electrons. The monoisotopic (exact) mass is 583 g/mol. The number of hydrogen-bond donors (Lipinski definition) is 5. The van der Waals surface area contributed by atoms with Crippen LogP contribution < -0.4 is 21.7 Å².